The SMILES string of the molecule is C[C@@H](CNC(=O)N(C)[C@@H](C)c1ccncc1)Sc1ccccc1. The van der Waals surface area contributed by atoms with Crippen LogP contribution in [0.15, 0.2) is 59.8 Å². The molecule has 2 amide bonds. The quantitative estimate of drug-likeness (QED) is 0.816. The fourth-order valence-corrected chi connectivity index (χ4v) is 3.12. The zero-order valence-electron chi connectivity index (χ0n) is 13.8. The first-order valence-electron chi connectivity index (χ1n) is 7.70. The highest BCUT2D eigenvalue weighted by atomic mass is 32.2. The fraction of sp³-hybridized carbons (Fsp3) is 0.333. The summed E-state index contributed by atoms with van der Waals surface area (Å²) in [6, 6.07) is 14.0. The standard InChI is InChI=1S/C18H23N3OS/c1-14(23-17-7-5-4-6-8-17)13-20-18(22)21(3)15(2)16-9-11-19-12-10-16/h4-12,14-15H,13H2,1-3H3,(H,20,22)/t14-,15-/m0/s1. The minimum Gasteiger partial charge on any atom is -0.337 e. The van der Waals surface area contributed by atoms with Gasteiger partial charge in [0.2, 0.25) is 0 Å². The third-order valence-electron chi connectivity index (χ3n) is 3.71. The van der Waals surface area contributed by atoms with Crippen molar-refractivity contribution in [2.24, 2.45) is 0 Å². The van der Waals surface area contributed by atoms with Gasteiger partial charge in [0.15, 0.2) is 0 Å². The number of nitrogens with one attached hydrogen (secondary N) is 1. The van der Waals surface area contributed by atoms with Crippen LogP contribution in [-0.4, -0.2) is 34.8 Å². The summed E-state index contributed by atoms with van der Waals surface area (Å²) in [6.07, 6.45) is 3.49. The summed E-state index contributed by atoms with van der Waals surface area (Å²) in [5.74, 6) is 0. The van der Waals surface area contributed by atoms with Crippen LogP contribution in [0, 0.1) is 0 Å². The molecular formula is C18H23N3OS. The number of hydrogen-bond acceptors (Lipinski definition) is 3. The average molecular weight is 329 g/mol. The third kappa shape index (κ3) is 5.28. The Balaban J connectivity index is 1.82. The number of carbonyl (C=O) groups is 1. The molecule has 2 aromatic rings. The maximum absolute atomic E-state index is 12.3. The van der Waals surface area contributed by atoms with Gasteiger partial charge < -0.3 is 10.2 Å². The lowest BCUT2D eigenvalue weighted by Gasteiger charge is -2.26. The van der Waals surface area contributed by atoms with Crippen molar-refractivity contribution in [1.82, 2.24) is 15.2 Å². The van der Waals surface area contributed by atoms with E-state index in [1.165, 1.54) is 4.90 Å². The van der Waals surface area contributed by atoms with Crippen LogP contribution in [0.3, 0.4) is 0 Å². The number of aromatic nitrogens is 1. The van der Waals surface area contributed by atoms with E-state index in [4.69, 9.17) is 0 Å². The molecule has 0 aliphatic rings. The summed E-state index contributed by atoms with van der Waals surface area (Å²) in [4.78, 5) is 19.2. The largest absolute Gasteiger partial charge is 0.337 e. The Hall–Kier alpha value is -2.01. The molecule has 0 aliphatic carbocycles. The molecule has 0 saturated heterocycles. The molecule has 0 spiro atoms. The van der Waals surface area contributed by atoms with E-state index < -0.39 is 0 Å². The van der Waals surface area contributed by atoms with Crippen molar-refractivity contribution in [3.8, 4) is 0 Å². The lowest BCUT2D eigenvalue weighted by Crippen LogP contribution is -2.41. The van der Waals surface area contributed by atoms with Crippen LogP contribution in [0.4, 0.5) is 4.79 Å². The molecule has 4 nitrogen and oxygen atoms in total. The number of amides is 2. The Morgan fingerprint density at radius 3 is 2.48 bits per heavy atom. The molecule has 2 rings (SSSR count). The number of benzene rings is 1. The summed E-state index contributed by atoms with van der Waals surface area (Å²) < 4.78 is 0. The Bertz CT molecular complexity index is 606. The van der Waals surface area contributed by atoms with Gasteiger partial charge in [-0.05, 0) is 36.8 Å². The first-order chi connectivity index (χ1) is 11.1. The molecule has 0 bridgehead atoms. The van der Waals surface area contributed by atoms with E-state index in [9.17, 15) is 4.79 Å². The number of nitrogens with zero attached hydrogens (tertiary/aromatic N) is 2. The van der Waals surface area contributed by atoms with Crippen molar-refractivity contribution >= 4 is 17.8 Å². The molecular weight excluding hydrogens is 306 g/mol. The Labute approximate surface area is 142 Å². The molecule has 1 aromatic heterocycles. The molecule has 1 aromatic carbocycles. The zero-order chi connectivity index (χ0) is 16.7. The summed E-state index contributed by atoms with van der Waals surface area (Å²) in [6.45, 7) is 4.76. The summed E-state index contributed by atoms with van der Waals surface area (Å²) >= 11 is 1.76. The number of thioether (sulfide) groups is 1. The van der Waals surface area contributed by atoms with Gasteiger partial charge in [0.1, 0.15) is 0 Å². The van der Waals surface area contributed by atoms with E-state index in [0.29, 0.717) is 11.8 Å². The summed E-state index contributed by atoms with van der Waals surface area (Å²) in [5, 5.41) is 3.31. The molecule has 1 N–H and O–H groups in total. The monoisotopic (exact) mass is 329 g/mol. The highest BCUT2D eigenvalue weighted by Gasteiger charge is 2.17. The van der Waals surface area contributed by atoms with Gasteiger partial charge in [0.05, 0.1) is 6.04 Å². The Morgan fingerprint density at radius 1 is 1.17 bits per heavy atom. The predicted molar refractivity (Wildman–Crippen MR) is 95.6 cm³/mol. The molecule has 5 heteroatoms. The molecule has 2 atom stereocenters. The number of urea groups is 1. The van der Waals surface area contributed by atoms with Crippen molar-refractivity contribution in [3.63, 3.8) is 0 Å². The van der Waals surface area contributed by atoms with E-state index in [0.717, 1.165) is 5.56 Å². The van der Waals surface area contributed by atoms with Gasteiger partial charge in [-0.1, -0.05) is 25.1 Å². The average Bonchev–Trinajstić information content (AvgIpc) is 2.60. The number of rotatable bonds is 6. The van der Waals surface area contributed by atoms with Crippen LogP contribution in [0.1, 0.15) is 25.5 Å². The lowest BCUT2D eigenvalue weighted by atomic mass is 10.1. The third-order valence-corrected chi connectivity index (χ3v) is 4.82. The molecule has 0 radical (unpaired) electrons. The highest BCUT2D eigenvalue weighted by Crippen LogP contribution is 2.22. The summed E-state index contributed by atoms with van der Waals surface area (Å²) in [7, 11) is 1.81. The Kier molecular flexibility index (Phi) is 6.47. The van der Waals surface area contributed by atoms with Gasteiger partial charge >= 0.3 is 6.03 Å². The number of hydrogen-bond donors (Lipinski definition) is 1. The maximum atomic E-state index is 12.3. The normalized spacial score (nSPS) is 13.2. The van der Waals surface area contributed by atoms with Crippen LogP contribution >= 0.6 is 11.8 Å². The highest BCUT2D eigenvalue weighted by molar-refractivity contribution is 8.00. The first kappa shape index (κ1) is 17.3. The fourth-order valence-electron chi connectivity index (χ4n) is 2.17. The summed E-state index contributed by atoms with van der Waals surface area (Å²) in [5.41, 5.74) is 1.07. The van der Waals surface area contributed by atoms with Crippen molar-refractivity contribution < 1.29 is 4.79 Å². The van der Waals surface area contributed by atoms with E-state index in [1.807, 2.05) is 44.3 Å². The molecule has 122 valence electrons. The van der Waals surface area contributed by atoms with Gasteiger partial charge in [-0.15, -0.1) is 11.8 Å². The smallest absolute Gasteiger partial charge is 0.317 e. The zero-order valence-corrected chi connectivity index (χ0v) is 14.6. The van der Waals surface area contributed by atoms with Crippen molar-refractivity contribution in [1.29, 1.82) is 0 Å². The molecule has 23 heavy (non-hydrogen) atoms. The van der Waals surface area contributed by atoms with E-state index in [1.54, 1.807) is 29.1 Å². The molecule has 0 unspecified atom stereocenters. The Morgan fingerprint density at radius 2 is 1.83 bits per heavy atom. The molecule has 0 aliphatic heterocycles. The van der Waals surface area contributed by atoms with Crippen LogP contribution in [0.25, 0.3) is 0 Å². The molecule has 1 heterocycles. The van der Waals surface area contributed by atoms with Crippen LogP contribution in [-0.2, 0) is 0 Å². The van der Waals surface area contributed by atoms with Gasteiger partial charge in [0, 0.05) is 36.1 Å². The number of pyridine rings is 1. The van der Waals surface area contributed by atoms with Crippen molar-refractivity contribution in [3.05, 3.63) is 60.4 Å². The van der Waals surface area contributed by atoms with Crippen LogP contribution < -0.4 is 5.32 Å². The predicted octanol–water partition coefficient (Wildman–Crippen LogP) is 3.96. The van der Waals surface area contributed by atoms with E-state index in [-0.39, 0.29) is 12.1 Å². The van der Waals surface area contributed by atoms with Gasteiger partial charge in [-0.3, -0.25) is 4.98 Å². The van der Waals surface area contributed by atoms with Crippen LogP contribution in [0.5, 0.6) is 0 Å². The van der Waals surface area contributed by atoms with E-state index in [2.05, 4.69) is 29.4 Å². The second-order valence-corrected chi connectivity index (χ2v) is 7.01. The maximum Gasteiger partial charge on any atom is 0.317 e. The molecule has 0 saturated carbocycles. The number of carbonyl (C=O) groups excluding carboxylic acids is 1. The minimum absolute atomic E-state index is 0.00934. The van der Waals surface area contributed by atoms with E-state index >= 15 is 0 Å². The lowest BCUT2D eigenvalue weighted by molar-refractivity contribution is 0.194. The topological polar surface area (TPSA) is 45.2 Å². The van der Waals surface area contributed by atoms with Crippen molar-refractivity contribution in [2.75, 3.05) is 13.6 Å². The van der Waals surface area contributed by atoms with Crippen LogP contribution in [0.2, 0.25) is 0 Å². The van der Waals surface area contributed by atoms with Gasteiger partial charge in [-0.25, -0.2) is 4.79 Å². The first-order valence-corrected chi connectivity index (χ1v) is 8.58. The minimum atomic E-state index is -0.0603. The van der Waals surface area contributed by atoms with Gasteiger partial charge in [0.25, 0.3) is 0 Å². The second-order valence-electron chi connectivity index (χ2n) is 5.49. The molecule has 0 fully saturated rings. The van der Waals surface area contributed by atoms with Gasteiger partial charge in [-0.2, -0.15) is 0 Å². The second kappa shape index (κ2) is 8.58. The van der Waals surface area contributed by atoms with Crippen molar-refractivity contribution in [2.45, 2.75) is 30.0 Å².